The Morgan fingerprint density at radius 2 is 1.95 bits per heavy atom. The number of hydrogen-bond acceptors (Lipinski definition) is 3. The van der Waals surface area contributed by atoms with E-state index >= 15 is 0 Å². The number of phenols is 1. The molecule has 3 N–H and O–H groups in total. The van der Waals surface area contributed by atoms with Crippen molar-refractivity contribution < 1.29 is 9.84 Å². The van der Waals surface area contributed by atoms with Crippen LogP contribution in [0.1, 0.15) is 29.2 Å². The monoisotopic (exact) mass is 255 g/mol. The molecule has 3 rings (SSSR count). The van der Waals surface area contributed by atoms with Crippen molar-refractivity contribution in [2.24, 2.45) is 5.73 Å². The van der Waals surface area contributed by atoms with E-state index in [-0.39, 0.29) is 11.8 Å². The topological polar surface area (TPSA) is 55.5 Å². The number of aryl methyl sites for hydroxylation is 1. The van der Waals surface area contributed by atoms with Crippen LogP contribution in [0, 0.1) is 0 Å². The predicted octanol–water partition coefficient (Wildman–Crippen LogP) is 2.92. The summed E-state index contributed by atoms with van der Waals surface area (Å²) in [6.07, 6.45) is 2.06. The molecule has 98 valence electrons. The number of fused-ring (bicyclic) bond motifs is 1. The van der Waals surface area contributed by atoms with Gasteiger partial charge in [-0.05, 0) is 53.8 Å². The van der Waals surface area contributed by atoms with Gasteiger partial charge in [0.1, 0.15) is 18.1 Å². The number of aromatic hydroxyl groups is 1. The Labute approximate surface area is 112 Å². The minimum atomic E-state index is 0.182. The largest absolute Gasteiger partial charge is 0.508 e. The van der Waals surface area contributed by atoms with E-state index in [0.29, 0.717) is 6.61 Å². The van der Waals surface area contributed by atoms with Crippen molar-refractivity contribution in [1.29, 1.82) is 0 Å². The Morgan fingerprint density at radius 1 is 1.16 bits per heavy atom. The fraction of sp³-hybridized carbons (Fsp3) is 0.250. The molecule has 1 unspecified atom stereocenters. The normalized spacial score (nSPS) is 17.2. The van der Waals surface area contributed by atoms with Crippen molar-refractivity contribution in [2.45, 2.75) is 25.5 Å². The third-order valence-electron chi connectivity index (χ3n) is 3.58. The second-order valence-electron chi connectivity index (χ2n) is 4.96. The Morgan fingerprint density at radius 3 is 2.74 bits per heavy atom. The lowest BCUT2D eigenvalue weighted by Crippen LogP contribution is -2.05. The van der Waals surface area contributed by atoms with Gasteiger partial charge in [0.2, 0.25) is 0 Å². The maximum Gasteiger partial charge on any atom is 0.120 e. The second kappa shape index (κ2) is 4.94. The number of benzene rings is 2. The van der Waals surface area contributed by atoms with E-state index in [2.05, 4.69) is 12.1 Å². The van der Waals surface area contributed by atoms with E-state index in [1.165, 1.54) is 11.1 Å². The van der Waals surface area contributed by atoms with E-state index in [1.807, 2.05) is 18.2 Å². The highest BCUT2D eigenvalue weighted by atomic mass is 16.5. The van der Waals surface area contributed by atoms with Crippen molar-refractivity contribution in [2.75, 3.05) is 0 Å². The van der Waals surface area contributed by atoms with Gasteiger partial charge in [-0.15, -0.1) is 0 Å². The number of rotatable bonds is 3. The summed E-state index contributed by atoms with van der Waals surface area (Å²) >= 11 is 0. The van der Waals surface area contributed by atoms with Gasteiger partial charge < -0.3 is 15.6 Å². The molecule has 2 aromatic carbocycles. The molecule has 2 aromatic rings. The Kier molecular flexibility index (Phi) is 3.13. The molecule has 3 heteroatoms. The number of hydrogen-bond donors (Lipinski definition) is 2. The number of ether oxygens (including phenoxy) is 1. The zero-order chi connectivity index (χ0) is 13.2. The van der Waals surface area contributed by atoms with Gasteiger partial charge in [0.25, 0.3) is 0 Å². The Balaban J connectivity index is 1.69. The smallest absolute Gasteiger partial charge is 0.120 e. The van der Waals surface area contributed by atoms with Gasteiger partial charge in [0.05, 0.1) is 0 Å². The molecule has 0 saturated heterocycles. The SMILES string of the molecule is NC1CCc2cc(OCc3ccc(O)cc3)ccc21. The summed E-state index contributed by atoms with van der Waals surface area (Å²) in [5.74, 6) is 1.15. The zero-order valence-electron chi connectivity index (χ0n) is 10.7. The van der Waals surface area contributed by atoms with E-state index in [9.17, 15) is 5.11 Å². The number of phenolic OH excluding ortho intramolecular Hbond substituents is 1. The van der Waals surface area contributed by atoms with Crippen molar-refractivity contribution >= 4 is 0 Å². The van der Waals surface area contributed by atoms with Crippen LogP contribution in [0.5, 0.6) is 11.5 Å². The fourth-order valence-corrected chi connectivity index (χ4v) is 2.48. The molecule has 0 saturated carbocycles. The molecule has 19 heavy (non-hydrogen) atoms. The quantitative estimate of drug-likeness (QED) is 0.886. The van der Waals surface area contributed by atoms with Gasteiger partial charge in [0.15, 0.2) is 0 Å². The van der Waals surface area contributed by atoms with Crippen LogP contribution in [0.2, 0.25) is 0 Å². The van der Waals surface area contributed by atoms with Crippen LogP contribution < -0.4 is 10.5 Å². The van der Waals surface area contributed by atoms with Crippen molar-refractivity contribution in [3.05, 3.63) is 59.2 Å². The molecular formula is C16H17NO2. The Hall–Kier alpha value is -2.00. The van der Waals surface area contributed by atoms with Gasteiger partial charge in [-0.2, -0.15) is 0 Å². The summed E-state index contributed by atoms with van der Waals surface area (Å²) in [7, 11) is 0. The summed E-state index contributed by atoms with van der Waals surface area (Å²) < 4.78 is 5.77. The molecule has 1 atom stereocenters. The highest BCUT2D eigenvalue weighted by Crippen LogP contribution is 2.32. The van der Waals surface area contributed by atoms with Gasteiger partial charge in [-0.1, -0.05) is 18.2 Å². The predicted molar refractivity (Wildman–Crippen MR) is 74.1 cm³/mol. The van der Waals surface area contributed by atoms with Crippen LogP contribution in [0.4, 0.5) is 0 Å². The highest BCUT2D eigenvalue weighted by molar-refractivity contribution is 5.40. The summed E-state index contributed by atoms with van der Waals surface area (Å²) in [5.41, 5.74) is 9.60. The summed E-state index contributed by atoms with van der Waals surface area (Å²) in [6.45, 7) is 0.505. The molecule has 0 amide bonds. The average molecular weight is 255 g/mol. The maximum atomic E-state index is 9.22. The molecule has 0 heterocycles. The molecule has 0 aromatic heterocycles. The summed E-state index contributed by atoms with van der Waals surface area (Å²) in [4.78, 5) is 0. The highest BCUT2D eigenvalue weighted by Gasteiger charge is 2.18. The molecule has 3 nitrogen and oxygen atoms in total. The van der Waals surface area contributed by atoms with Crippen LogP contribution >= 0.6 is 0 Å². The third-order valence-corrected chi connectivity index (χ3v) is 3.58. The maximum absolute atomic E-state index is 9.22. The van der Waals surface area contributed by atoms with Gasteiger partial charge in [-0.3, -0.25) is 0 Å². The third kappa shape index (κ3) is 2.56. The molecule has 0 aliphatic heterocycles. The summed E-state index contributed by atoms with van der Waals surface area (Å²) in [5, 5.41) is 9.22. The van der Waals surface area contributed by atoms with E-state index in [4.69, 9.17) is 10.5 Å². The number of nitrogens with two attached hydrogens (primary N) is 1. The van der Waals surface area contributed by atoms with E-state index in [1.54, 1.807) is 12.1 Å². The van der Waals surface area contributed by atoms with Crippen molar-refractivity contribution in [1.82, 2.24) is 0 Å². The molecule has 0 radical (unpaired) electrons. The van der Waals surface area contributed by atoms with E-state index < -0.39 is 0 Å². The lowest BCUT2D eigenvalue weighted by atomic mass is 10.1. The first-order valence-electron chi connectivity index (χ1n) is 6.51. The summed E-state index contributed by atoms with van der Waals surface area (Å²) in [6, 6.07) is 13.4. The first-order valence-corrected chi connectivity index (χ1v) is 6.51. The minimum Gasteiger partial charge on any atom is -0.508 e. The van der Waals surface area contributed by atoms with Gasteiger partial charge >= 0.3 is 0 Å². The van der Waals surface area contributed by atoms with E-state index in [0.717, 1.165) is 24.2 Å². The minimum absolute atomic E-state index is 0.182. The Bertz CT molecular complexity index is 578. The molecule has 0 bridgehead atoms. The molecule has 1 aliphatic carbocycles. The standard InChI is InChI=1S/C16H17NO2/c17-16-8-3-12-9-14(6-7-15(12)16)19-10-11-1-4-13(18)5-2-11/h1-2,4-7,9,16,18H,3,8,10,17H2. The molecule has 0 fully saturated rings. The molecule has 1 aliphatic rings. The van der Waals surface area contributed by atoms with Crippen LogP contribution in [0.3, 0.4) is 0 Å². The van der Waals surface area contributed by atoms with Crippen LogP contribution in [0.15, 0.2) is 42.5 Å². The van der Waals surface area contributed by atoms with Gasteiger partial charge in [0, 0.05) is 6.04 Å². The average Bonchev–Trinajstić information content (AvgIpc) is 2.79. The van der Waals surface area contributed by atoms with Crippen molar-refractivity contribution in [3.8, 4) is 11.5 Å². The van der Waals surface area contributed by atoms with Gasteiger partial charge in [-0.25, -0.2) is 0 Å². The second-order valence-corrected chi connectivity index (χ2v) is 4.96. The lowest BCUT2D eigenvalue weighted by Gasteiger charge is -2.09. The fourth-order valence-electron chi connectivity index (χ4n) is 2.48. The molecular weight excluding hydrogens is 238 g/mol. The first kappa shape index (κ1) is 12.1. The van der Waals surface area contributed by atoms with Crippen LogP contribution in [0.25, 0.3) is 0 Å². The zero-order valence-corrected chi connectivity index (χ0v) is 10.7. The molecule has 0 spiro atoms. The van der Waals surface area contributed by atoms with Crippen LogP contribution in [-0.2, 0) is 13.0 Å². The lowest BCUT2D eigenvalue weighted by molar-refractivity contribution is 0.306. The van der Waals surface area contributed by atoms with Crippen LogP contribution in [-0.4, -0.2) is 5.11 Å². The first-order chi connectivity index (χ1) is 9.22. The van der Waals surface area contributed by atoms with Crippen molar-refractivity contribution in [3.63, 3.8) is 0 Å².